The molecule has 0 amide bonds. The molecule has 0 aromatic heterocycles. The second-order valence-corrected chi connectivity index (χ2v) is 3.89. The first-order chi connectivity index (χ1) is 6.20. The summed E-state index contributed by atoms with van der Waals surface area (Å²) in [5.74, 6) is 0. The van der Waals surface area contributed by atoms with E-state index in [1.807, 2.05) is 0 Å². The molecule has 0 unspecified atom stereocenters. The van der Waals surface area contributed by atoms with Gasteiger partial charge in [0.1, 0.15) is 0 Å². The van der Waals surface area contributed by atoms with E-state index in [1.54, 1.807) is 0 Å². The van der Waals surface area contributed by atoms with Gasteiger partial charge in [0, 0.05) is 0 Å². The van der Waals surface area contributed by atoms with Crippen molar-refractivity contribution in [1.82, 2.24) is 9.80 Å². The molecule has 0 N–H and O–H groups in total. The second-order valence-electron chi connectivity index (χ2n) is 3.89. The van der Waals surface area contributed by atoms with Crippen LogP contribution in [0.25, 0.3) is 0 Å². The minimum atomic E-state index is 1.20. The number of unbranched alkanes of at least 4 members (excludes halogenated alkanes) is 2. The molecule has 13 heavy (non-hydrogen) atoms. The fourth-order valence-electron chi connectivity index (χ4n) is 1.48. The van der Waals surface area contributed by atoms with E-state index in [-0.39, 0.29) is 0 Å². The van der Waals surface area contributed by atoms with Crippen molar-refractivity contribution in [3.8, 4) is 0 Å². The van der Waals surface area contributed by atoms with Crippen molar-refractivity contribution in [3.05, 3.63) is 0 Å². The lowest BCUT2D eigenvalue weighted by atomic mass is 10.2. The van der Waals surface area contributed by atoms with Gasteiger partial charge in [0.15, 0.2) is 0 Å². The lowest BCUT2D eigenvalue weighted by Gasteiger charge is -2.17. The Morgan fingerprint density at radius 2 is 1.31 bits per heavy atom. The second kappa shape index (κ2) is 8.52. The molecule has 0 atom stereocenters. The summed E-state index contributed by atoms with van der Waals surface area (Å²) in [5.41, 5.74) is 0. The van der Waals surface area contributed by atoms with E-state index in [9.17, 15) is 0 Å². The number of hydrogen-bond acceptors (Lipinski definition) is 2. The number of hydrogen-bond donors (Lipinski definition) is 0. The van der Waals surface area contributed by atoms with Gasteiger partial charge in [-0.05, 0) is 53.1 Å². The molecule has 0 saturated carbocycles. The summed E-state index contributed by atoms with van der Waals surface area (Å²) >= 11 is 0. The summed E-state index contributed by atoms with van der Waals surface area (Å²) < 4.78 is 0. The first-order valence-electron chi connectivity index (χ1n) is 5.57. The molecule has 0 aliphatic carbocycles. The molecule has 80 valence electrons. The summed E-state index contributed by atoms with van der Waals surface area (Å²) in [6, 6.07) is 0. The fraction of sp³-hybridized carbons (Fsp3) is 1.00. The van der Waals surface area contributed by atoms with Crippen LogP contribution in [0.15, 0.2) is 0 Å². The van der Waals surface area contributed by atoms with Crippen molar-refractivity contribution >= 4 is 0 Å². The third kappa shape index (κ3) is 8.26. The minimum absolute atomic E-state index is 1.20. The molecule has 0 spiro atoms. The highest BCUT2D eigenvalue weighted by Crippen LogP contribution is 1.99. The van der Waals surface area contributed by atoms with E-state index in [1.165, 1.54) is 45.4 Å². The van der Waals surface area contributed by atoms with Crippen LogP contribution in [-0.4, -0.2) is 50.1 Å². The quantitative estimate of drug-likeness (QED) is 0.535. The van der Waals surface area contributed by atoms with E-state index in [2.05, 4.69) is 37.7 Å². The largest absolute Gasteiger partial charge is 0.309 e. The zero-order chi connectivity index (χ0) is 10.1. The van der Waals surface area contributed by atoms with Crippen LogP contribution in [0.2, 0.25) is 0 Å². The van der Waals surface area contributed by atoms with Crippen LogP contribution in [0.1, 0.15) is 33.1 Å². The topological polar surface area (TPSA) is 6.48 Å². The Balaban J connectivity index is 3.14. The normalized spacial score (nSPS) is 11.5. The van der Waals surface area contributed by atoms with Crippen LogP contribution >= 0.6 is 0 Å². The van der Waals surface area contributed by atoms with Crippen molar-refractivity contribution in [2.75, 3.05) is 40.3 Å². The average molecular weight is 186 g/mol. The van der Waals surface area contributed by atoms with E-state index in [0.29, 0.717) is 0 Å². The Hall–Kier alpha value is -0.0800. The third-order valence-corrected chi connectivity index (χ3v) is 2.47. The van der Waals surface area contributed by atoms with E-state index in [4.69, 9.17) is 0 Å². The Morgan fingerprint density at radius 3 is 1.77 bits per heavy atom. The van der Waals surface area contributed by atoms with Gasteiger partial charge in [0.2, 0.25) is 0 Å². The van der Waals surface area contributed by atoms with E-state index < -0.39 is 0 Å². The van der Waals surface area contributed by atoms with Crippen molar-refractivity contribution in [2.24, 2.45) is 0 Å². The molecule has 0 saturated heterocycles. The molecule has 0 heterocycles. The van der Waals surface area contributed by atoms with Crippen LogP contribution in [0.5, 0.6) is 0 Å². The highest BCUT2D eigenvalue weighted by atomic mass is 15.1. The number of rotatable bonds is 8. The Kier molecular flexibility index (Phi) is 8.46. The van der Waals surface area contributed by atoms with Crippen molar-refractivity contribution in [2.45, 2.75) is 33.1 Å². The summed E-state index contributed by atoms with van der Waals surface area (Å²) in [4.78, 5) is 4.76. The van der Waals surface area contributed by atoms with Crippen LogP contribution in [-0.2, 0) is 0 Å². The molecular formula is C11H26N2. The highest BCUT2D eigenvalue weighted by Gasteiger charge is 1.97. The maximum atomic E-state index is 2.50. The first-order valence-corrected chi connectivity index (χ1v) is 5.57. The monoisotopic (exact) mass is 186 g/mol. The van der Waals surface area contributed by atoms with Gasteiger partial charge in [-0.3, -0.25) is 0 Å². The van der Waals surface area contributed by atoms with Gasteiger partial charge in [0.25, 0.3) is 0 Å². The summed E-state index contributed by atoms with van der Waals surface area (Å²) in [5, 5.41) is 0. The molecule has 0 fully saturated rings. The molecule has 0 aliphatic heterocycles. The smallest absolute Gasteiger partial charge is 0.00190 e. The van der Waals surface area contributed by atoms with Gasteiger partial charge in [-0.1, -0.05) is 20.3 Å². The standard InChI is InChI=1S/C11H26N2/c1-5-13(6-2)11-9-7-8-10-12(3)4/h5-11H2,1-4H3. The van der Waals surface area contributed by atoms with Crippen LogP contribution in [0.3, 0.4) is 0 Å². The van der Waals surface area contributed by atoms with Crippen LogP contribution < -0.4 is 0 Å². The lowest BCUT2D eigenvalue weighted by molar-refractivity contribution is 0.291. The van der Waals surface area contributed by atoms with Crippen molar-refractivity contribution < 1.29 is 0 Å². The summed E-state index contributed by atoms with van der Waals surface area (Å²) in [7, 11) is 4.29. The Bertz CT molecular complexity index is 98.3. The maximum Gasteiger partial charge on any atom is -0.00190 e. The first kappa shape index (κ1) is 12.9. The molecule has 0 aromatic carbocycles. The van der Waals surface area contributed by atoms with Gasteiger partial charge in [-0.15, -0.1) is 0 Å². The van der Waals surface area contributed by atoms with Crippen LogP contribution in [0, 0.1) is 0 Å². The fourth-order valence-corrected chi connectivity index (χ4v) is 1.48. The summed E-state index contributed by atoms with van der Waals surface area (Å²) in [6.07, 6.45) is 4.07. The molecule has 0 radical (unpaired) electrons. The minimum Gasteiger partial charge on any atom is -0.309 e. The van der Waals surface area contributed by atoms with E-state index in [0.717, 1.165) is 0 Å². The van der Waals surface area contributed by atoms with Gasteiger partial charge in [-0.2, -0.15) is 0 Å². The molecule has 0 aliphatic rings. The zero-order valence-corrected chi connectivity index (χ0v) is 9.84. The third-order valence-electron chi connectivity index (χ3n) is 2.47. The van der Waals surface area contributed by atoms with Crippen LogP contribution in [0.4, 0.5) is 0 Å². The SMILES string of the molecule is CCN(CC)CCCCCN(C)C. The van der Waals surface area contributed by atoms with Gasteiger partial charge in [-0.25, -0.2) is 0 Å². The van der Waals surface area contributed by atoms with Gasteiger partial charge in [0.05, 0.1) is 0 Å². The van der Waals surface area contributed by atoms with E-state index >= 15 is 0 Å². The predicted molar refractivity (Wildman–Crippen MR) is 60.2 cm³/mol. The number of nitrogens with zero attached hydrogens (tertiary/aromatic N) is 2. The average Bonchev–Trinajstić information content (AvgIpc) is 2.11. The molecule has 0 aromatic rings. The predicted octanol–water partition coefficient (Wildman–Crippen LogP) is 2.06. The Labute approximate surface area is 83.9 Å². The Morgan fingerprint density at radius 1 is 0.769 bits per heavy atom. The lowest BCUT2D eigenvalue weighted by Crippen LogP contribution is -2.24. The molecule has 0 bridgehead atoms. The zero-order valence-electron chi connectivity index (χ0n) is 9.84. The molecule has 2 nitrogen and oxygen atoms in total. The molecule has 0 rings (SSSR count). The molecular weight excluding hydrogens is 160 g/mol. The van der Waals surface area contributed by atoms with Crippen molar-refractivity contribution in [3.63, 3.8) is 0 Å². The molecule has 2 heteroatoms. The highest BCUT2D eigenvalue weighted by molar-refractivity contribution is 4.53. The summed E-state index contributed by atoms with van der Waals surface area (Å²) in [6.45, 7) is 9.39. The van der Waals surface area contributed by atoms with Gasteiger partial charge < -0.3 is 9.80 Å². The maximum absolute atomic E-state index is 2.50. The van der Waals surface area contributed by atoms with Gasteiger partial charge >= 0.3 is 0 Å². The van der Waals surface area contributed by atoms with Crippen molar-refractivity contribution in [1.29, 1.82) is 0 Å².